The van der Waals surface area contributed by atoms with Gasteiger partial charge in [-0.1, -0.05) is 12.7 Å². The van der Waals surface area contributed by atoms with Gasteiger partial charge in [-0.25, -0.2) is 9.38 Å². The summed E-state index contributed by atoms with van der Waals surface area (Å²) in [6.45, 7) is 5.03. The summed E-state index contributed by atoms with van der Waals surface area (Å²) in [6, 6.07) is 3.23. The number of likely N-dealkylation sites (tertiary alicyclic amines) is 1. The van der Waals surface area contributed by atoms with E-state index in [4.69, 9.17) is 0 Å². The number of amides is 1. The summed E-state index contributed by atoms with van der Waals surface area (Å²) in [4.78, 5) is 25.9. The fourth-order valence-electron chi connectivity index (χ4n) is 7.29. The number of aryl methyl sites for hydroxylation is 1. The van der Waals surface area contributed by atoms with Crippen molar-refractivity contribution in [2.75, 3.05) is 32.1 Å². The van der Waals surface area contributed by atoms with Crippen LogP contribution in [0.2, 0.25) is 0 Å². The summed E-state index contributed by atoms with van der Waals surface area (Å²) in [6.07, 6.45) is 13.5. The Balaban J connectivity index is 1.27. The molecule has 8 nitrogen and oxygen atoms in total. The summed E-state index contributed by atoms with van der Waals surface area (Å²) in [5.41, 5.74) is 5.88. The quantitative estimate of drug-likeness (QED) is 0.351. The third kappa shape index (κ3) is 6.38. The van der Waals surface area contributed by atoms with Gasteiger partial charge in [0, 0.05) is 48.4 Å². The number of thiophene rings is 1. The Kier molecular flexibility index (Phi) is 9.56. The van der Waals surface area contributed by atoms with Crippen LogP contribution in [0, 0.1) is 5.82 Å². The third-order valence-electron chi connectivity index (χ3n) is 9.81. The van der Waals surface area contributed by atoms with Gasteiger partial charge in [-0.3, -0.25) is 9.69 Å². The van der Waals surface area contributed by atoms with Crippen LogP contribution >= 0.6 is 11.3 Å². The lowest BCUT2D eigenvalue weighted by Gasteiger charge is -2.36. The van der Waals surface area contributed by atoms with Crippen molar-refractivity contribution in [1.82, 2.24) is 15.1 Å². The van der Waals surface area contributed by atoms with Crippen molar-refractivity contribution in [3.8, 4) is 0 Å². The molecule has 1 aliphatic carbocycles. The van der Waals surface area contributed by atoms with E-state index in [0.29, 0.717) is 47.4 Å². The molecule has 45 heavy (non-hydrogen) atoms. The van der Waals surface area contributed by atoms with Gasteiger partial charge in [0.1, 0.15) is 17.3 Å². The highest BCUT2D eigenvalue weighted by Crippen LogP contribution is 2.44. The van der Waals surface area contributed by atoms with Crippen molar-refractivity contribution in [1.29, 1.82) is 0 Å². The van der Waals surface area contributed by atoms with Crippen LogP contribution in [0.5, 0.6) is 0 Å². The predicted octanol–water partition coefficient (Wildman–Crippen LogP) is 5.10. The van der Waals surface area contributed by atoms with E-state index in [1.165, 1.54) is 64.1 Å². The van der Waals surface area contributed by atoms with Gasteiger partial charge in [0.2, 0.25) is 0 Å². The van der Waals surface area contributed by atoms with Crippen LogP contribution in [0.1, 0.15) is 76.8 Å². The van der Waals surface area contributed by atoms with Crippen LogP contribution in [-0.2, 0) is 37.1 Å². The Labute approximate surface area is 269 Å². The van der Waals surface area contributed by atoms with Crippen LogP contribution in [0.3, 0.4) is 0 Å². The second-order valence-electron chi connectivity index (χ2n) is 12.6. The maximum absolute atomic E-state index is 15.2. The smallest absolute Gasteiger partial charge is 0.273 e. The predicted molar refractivity (Wildman–Crippen MR) is 178 cm³/mol. The fourth-order valence-corrected chi connectivity index (χ4v) is 8.73. The highest BCUT2D eigenvalue weighted by molar-refractivity contribution is 7.12. The monoisotopic (exact) mass is 633 g/mol. The maximum Gasteiger partial charge on any atom is 0.273 e. The molecule has 10 heteroatoms. The van der Waals surface area contributed by atoms with E-state index in [0.717, 1.165) is 43.5 Å². The number of anilines is 1. The zero-order valence-electron chi connectivity index (χ0n) is 26.3. The van der Waals surface area contributed by atoms with Crippen molar-refractivity contribution in [3.63, 3.8) is 0 Å². The molecule has 3 N–H and O–H groups in total. The molecule has 3 aliphatic heterocycles. The molecule has 4 heterocycles. The lowest BCUT2D eigenvalue weighted by atomic mass is 9.91. The van der Waals surface area contributed by atoms with E-state index in [9.17, 15) is 15.0 Å². The second-order valence-corrected chi connectivity index (χ2v) is 13.7. The maximum atomic E-state index is 15.2. The van der Waals surface area contributed by atoms with Crippen LogP contribution in [0.15, 0.2) is 53.5 Å². The minimum Gasteiger partial charge on any atom is -0.392 e. The number of carbonyl (C=O) groups is 1. The van der Waals surface area contributed by atoms with Crippen LogP contribution < -0.4 is 10.2 Å². The first-order valence-electron chi connectivity index (χ1n) is 16.1. The molecule has 1 amide bonds. The third-order valence-corrected chi connectivity index (χ3v) is 11.2. The summed E-state index contributed by atoms with van der Waals surface area (Å²) in [5, 5.41) is 25.3. The molecule has 0 bridgehead atoms. The number of aliphatic hydroxyl groups is 2. The number of rotatable bonds is 8. The molecule has 2 atom stereocenters. The largest absolute Gasteiger partial charge is 0.392 e. The summed E-state index contributed by atoms with van der Waals surface area (Å²) < 4.78 is 15.2. The first-order valence-corrected chi connectivity index (χ1v) is 16.9. The standard InChI is InChI=1S/C35H44FN5O3S/c1-4-39(2)34(43)28(38-32-14-12-23(20-37-32)29-9-7-16-40(29)3)13-11-22-18-24(36)19-30(27(22)21-42)41-17-15-26-25-8-5-6-10-31(25)45-33(26)35(41)44/h4,13,18-20,29,35,42,44H,1,5-12,14-17,21H2,2-3H3,(H,37,38)/b28-13+/t29-,35?/m1/s1. The lowest BCUT2D eigenvalue weighted by Crippen LogP contribution is -2.36. The number of fused-ring (bicyclic) bond motifs is 3. The number of hydrogen-bond acceptors (Lipinski definition) is 8. The number of likely N-dealkylation sites (N-methyl/N-ethyl adjacent to an activating group) is 2. The number of carbonyl (C=O) groups excluding carboxylic acids is 1. The topological polar surface area (TPSA) is 91.6 Å². The first kappa shape index (κ1) is 31.7. The first-order chi connectivity index (χ1) is 21.8. The molecule has 1 unspecified atom stereocenters. The molecule has 0 radical (unpaired) electrons. The van der Waals surface area contributed by atoms with Gasteiger partial charge < -0.3 is 25.3 Å². The van der Waals surface area contributed by atoms with Gasteiger partial charge in [0.05, 0.1) is 11.5 Å². The minimum absolute atomic E-state index is 0.198. The molecule has 1 fully saturated rings. The van der Waals surface area contributed by atoms with Crippen LogP contribution in [0.4, 0.5) is 10.1 Å². The van der Waals surface area contributed by atoms with Gasteiger partial charge in [-0.2, -0.15) is 0 Å². The van der Waals surface area contributed by atoms with Crippen molar-refractivity contribution in [2.24, 2.45) is 4.99 Å². The normalized spacial score (nSPS) is 22.0. The molecule has 1 aromatic carbocycles. The number of aliphatic hydroxyl groups excluding tert-OH is 2. The van der Waals surface area contributed by atoms with Crippen LogP contribution in [-0.4, -0.2) is 65.0 Å². The molecule has 2 aromatic rings. The number of benzene rings is 1. The highest BCUT2D eigenvalue weighted by atomic mass is 32.1. The molecule has 6 rings (SSSR count). The fraction of sp³-hybridized carbons (Fsp3) is 0.486. The van der Waals surface area contributed by atoms with Gasteiger partial charge in [-0.15, -0.1) is 11.3 Å². The number of halogens is 1. The van der Waals surface area contributed by atoms with Crippen molar-refractivity contribution in [2.45, 2.75) is 83.1 Å². The SMILES string of the molecule is C=CN(C)C(=O)/C(=C\Cc1cc(F)cc(N2CCc3c(sc4c3CCCC4)C2O)c1CO)NC1=NC=C([C@H]2CCCN2C)CC1. The molecule has 1 aromatic heterocycles. The molecule has 0 saturated carbocycles. The Hall–Kier alpha value is -3.31. The van der Waals surface area contributed by atoms with Gasteiger partial charge in [-0.05, 0) is 112 Å². The molecule has 4 aliphatic rings. The Morgan fingerprint density at radius 1 is 1.18 bits per heavy atom. The number of nitrogens with zero attached hydrogens (tertiary/aromatic N) is 4. The van der Waals surface area contributed by atoms with Gasteiger partial charge in [0.25, 0.3) is 5.91 Å². The average molecular weight is 634 g/mol. The summed E-state index contributed by atoms with van der Waals surface area (Å²) in [5.74, 6) is -0.0465. The van der Waals surface area contributed by atoms with Gasteiger partial charge >= 0.3 is 0 Å². The Morgan fingerprint density at radius 2 is 2.00 bits per heavy atom. The number of hydrogen-bond donors (Lipinski definition) is 3. The van der Waals surface area contributed by atoms with Crippen molar-refractivity contribution >= 4 is 28.8 Å². The number of aliphatic imine (C=N–C) groups is 1. The van der Waals surface area contributed by atoms with E-state index in [1.54, 1.807) is 24.5 Å². The zero-order chi connectivity index (χ0) is 31.7. The summed E-state index contributed by atoms with van der Waals surface area (Å²) in [7, 11) is 3.78. The van der Waals surface area contributed by atoms with Crippen molar-refractivity contribution < 1.29 is 19.4 Å². The van der Waals surface area contributed by atoms with Gasteiger partial charge in [0.15, 0.2) is 6.23 Å². The highest BCUT2D eigenvalue weighted by Gasteiger charge is 2.33. The van der Waals surface area contributed by atoms with E-state index in [2.05, 4.69) is 28.8 Å². The number of nitrogens with one attached hydrogen (secondary N) is 1. The zero-order valence-corrected chi connectivity index (χ0v) is 27.1. The molecule has 240 valence electrons. The van der Waals surface area contributed by atoms with E-state index in [1.807, 2.05) is 11.1 Å². The average Bonchev–Trinajstić information content (AvgIpc) is 3.66. The van der Waals surface area contributed by atoms with Crippen molar-refractivity contribution in [3.05, 3.63) is 86.3 Å². The number of amidine groups is 1. The Morgan fingerprint density at radius 3 is 2.71 bits per heavy atom. The van der Waals surface area contributed by atoms with E-state index >= 15 is 4.39 Å². The van der Waals surface area contributed by atoms with E-state index < -0.39 is 12.0 Å². The lowest BCUT2D eigenvalue weighted by molar-refractivity contribution is -0.123. The van der Waals surface area contributed by atoms with E-state index in [-0.39, 0.29) is 18.9 Å². The molecule has 0 spiro atoms. The van der Waals surface area contributed by atoms with Crippen LogP contribution in [0.25, 0.3) is 0 Å². The molecular weight excluding hydrogens is 589 g/mol. The molecule has 1 saturated heterocycles. The second kappa shape index (κ2) is 13.6. The molecular formula is C35H44FN5O3S. The number of allylic oxidation sites excluding steroid dienone is 1. The minimum atomic E-state index is -0.897. The Bertz CT molecular complexity index is 1560. The summed E-state index contributed by atoms with van der Waals surface area (Å²) >= 11 is 1.68.